The predicted octanol–water partition coefficient (Wildman–Crippen LogP) is 3.16. The number of ether oxygens (including phenoxy) is 1. The molecule has 29 heavy (non-hydrogen) atoms. The van der Waals surface area contributed by atoms with E-state index < -0.39 is 5.91 Å². The zero-order chi connectivity index (χ0) is 20.2. The van der Waals surface area contributed by atoms with Crippen LogP contribution in [0.3, 0.4) is 0 Å². The second kappa shape index (κ2) is 8.78. The first-order valence-corrected chi connectivity index (χ1v) is 9.91. The van der Waals surface area contributed by atoms with Crippen LogP contribution in [0.15, 0.2) is 59.5 Å². The summed E-state index contributed by atoms with van der Waals surface area (Å²) in [7, 11) is 0. The highest BCUT2D eigenvalue weighted by atomic mass is 35.5. The molecule has 4 rings (SSSR count). The molecule has 150 valence electrons. The Bertz CT molecular complexity index is 1060. The molecule has 2 aromatic carbocycles. The number of carbonyl (C=O) groups excluding carboxylic acids is 1. The number of aromatic nitrogens is 1. The molecule has 0 aliphatic carbocycles. The second-order valence-electron chi connectivity index (χ2n) is 7.11. The number of morpholine rings is 1. The number of hydrogen-bond acceptors (Lipinski definition) is 4. The third-order valence-electron chi connectivity index (χ3n) is 5.09. The minimum Gasteiger partial charge on any atom is -0.379 e. The molecule has 0 radical (unpaired) electrons. The van der Waals surface area contributed by atoms with Crippen LogP contribution in [0.2, 0.25) is 0 Å². The van der Waals surface area contributed by atoms with Crippen LogP contribution in [0.4, 0.5) is 0 Å². The summed E-state index contributed by atoms with van der Waals surface area (Å²) in [6.45, 7) is 4.51. The number of fused-ring (bicyclic) bond motifs is 1. The molecule has 3 aromatic rings. The first-order valence-electron chi connectivity index (χ1n) is 9.58. The molecule has 1 amide bonds. The van der Waals surface area contributed by atoms with Gasteiger partial charge >= 0.3 is 0 Å². The van der Waals surface area contributed by atoms with E-state index in [1.807, 2.05) is 30.3 Å². The molecule has 1 fully saturated rings. The lowest BCUT2D eigenvalue weighted by Crippen LogP contribution is -2.35. The first-order chi connectivity index (χ1) is 14.1. The van der Waals surface area contributed by atoms with Crippen molar-refractivity contribution in [2.45, 2.75) is 13.1 Å². The van der Waals surface area contributed by atoms with Crippen LogP contribution in [0, 0.1) is 0 Å². The zero-order valence-electron chi connectivity index (χ0n) is 15.9. The maximum Gasteiger partial charge on any atom is 0.274 e. The van der Waals surface area contributed by atoms with Gasteiger partial charge in [-0.05, 0) is 23.3 Å². The summed E-state index contributed by atoms with van der Waals surface area (Å²) in [4.78, 5) is 30.7. The van der Waals surface area contributed by atoms with Crippen molar-refractivity contribution in [2.24, 2.45) is 0 Å². The number of benzene rings is 2. The Morgan fingerprint density at radius 1 is 1.07 bits per heavy atom. The van der Waals surface area contributed by atoms with Gasteiger partial charge in [-0.1, -0.05) is 36.4 Å². The number of nitrogens with one attached hydrogen (secondary N) is 1. The van der Waals surface area contributed by atoms with Crippen LogP contribution < -0.4 is 5.43 Å². The minimum absolute atomic E-state index is 0.0302. The quantitative estimate of drug-likeness (QED) is 0.655. The minimum atomic E-state index is -0.518. The van der Waals surface area contributed by atoms with Crippen LogP contribution in [-0.4, -0.2) is 46.5 Å². The van der Waals surface area contributed by atoms with E-state index in [9.17, 15) is 9.59 Å². The Labute approximate surface area is 173 Å². The van der Waals surface area contributed by atoms with E-state index in [-0.39, 0.29) is 17.5 Å². The molecule has 2 heterocycles. The van der Waals surface area contributed by atoms with Crippen molar-refractivity contribution >= 4 is 28.6 Å². The number of H-pyrrole nitrogens is 1. The molecule has 0 saturated carbocycles. The van der Waals surface area contributed by atoms with E-state index in [2.05, 4.69) is 9.88 Å². The monoisotopic (exact) mass is 411 g/mol. The van der Waals surface area contributed by atoms with Gasteiger partial charge in [0.05, 0.1) is 19.8 Å². The van der Waals surface area contributed by atoms with E-state index in [4.69, 9.17) is 16.5 Å². The lowest BCUT2D eigenvalue weighted by Gasteiger charge is -2.26. The van der Waals surface area contributed by atoms with Crippen LogP contribution in [0.1, 0.15) is 21.5 Å². The number of para-hydroxylation sites is 1. The van der Waals surface area contributed by atoms with E-state index in [0.29, 0.717) is 10.9 Å². The largest absolute Gasteiger partial charge is 0.379 e. The van der Waals surface area contributed by atoms with Crippen molar-refractivity contribution in [3.05, 3.63) is 81.6 Å². The fraction of sp³-hybridized carbons (Fsp3) is 0.273. The van der Waals surface area contributed by atoms with Gasteiger partial charge in [-0.15, -0.1) is 0 Å². The number of hydrogen-bond donors (Lipinski definition) is 1. The maximum atomic E-state index is 12.7. The maximum absolute atomic E-state index is 12.7. The molecule has 0 spiro atoms. The smallest absolute Gasteiger partial charge is 0.274 e. The van der Waals surface area contributed by atoms with Crippen molar-refractivity contribution < 1.29 is 9.53 Å². The molecule has 1 aromatic heterocycles. The summed E-state index contributed by atoms with van der Waals surface area (Å²) in [5.74, 6) is -0.518. The normalized spacial score (nSPS) is 14.8. The Morgan fingerprint density at radius 2 is 1.76 bits per heavy atom. The summed E-state index contributed by atoms with van der Waals surface area (Å²) >= 11 is 6.23. The van der Waals surface area contributed by atoms with Gasteiger partial charge in [-0.2, -0.15) is 0 Å². The van der Waals surface area contributed by atoms with Crippen molar-refractivity contribution in [3.8, 4) is 0 Å². The predicted molar refractivity (Wildman–Crippen MR) is 113 cm³/mol. The zero-order valence-corrected chi connectivity index (χ0v) is 16.7. The summed E-state index contributed by atoms with van der Waals surface area (Å²) in [5, 5.41) is 0.468. The number of nitrogens with zero attached hydrogens (tertiary/aromatic N) is 2. The van der Waals surface area contributed by atoms with Crippen molar-refractivity contribution in [3.63, 3.8) is 0 Å². The van der Waals surface area contributed by atoms with Gasteiger partial charge < -0.3 is 9.72 Å². The Morgan fingerprint density at radius 3 is 2.52 bits per heavy atom. The SMILES string of the molecule is O=C(c1c[nH]c2ccccc2c1=O)N(Cl)Cc1ccc(CN2CCOCC2)cc1. The van der Waals surface area contributed by atoms with Gasteiger partial charge in [0.1, 0.15) is 5.56 Å². The third-order valence-corrected chi connectivity index (χ3v) is 5.37. The van der Waals surface area contributed by atoms with Gasteiger partial charge in [-0.3, -0.25) is 14.5 Å². The standard InChI is InChI=1S/C22H22ClN3O3/c23-26(22(28)19-13-24-20-4-2-1-3-18(20)21(19)27)15-17-7-5-16(6-8-17)14-25-9-11-29-12-10-25/h1-8,13H,9-12,14-15H2,(H,24,27). The van der Waals surface area contributed by atoms with Gasteiger partial charge in [0, 0.05) is 48.5 Å². The van der Waals surface area contributed by atoms with Crippen molar-refractivity contribution in [1.82, 2.24) is 14.3 Å². The van der Waals surface area contributed by atoms with Crippen LogP contribution in [-0.2, 0) is 17.8 Å². The number of pyridine rings is 1. The molecular weight excluding hydrogens is 390 g/mol. The summed E-state index contributed by atoms with van der Waals surface area (Å²) < 4.78 is 6.42. The Hall–Kier alpha value is -2.67. The molecule has 1 aliphatic heterocycles. The van der Waals surface area contributed by atoms with Gasteiger partial charge in [0.2, 0.25) is 5.43 Å². The lowest BCUT2D eigenvalue weighted by molar-refractivity contribution is 0.0342. The molecule has 7 heteroatoms. The molecule has 1 N–H and O–H groups in total. The number of aromatic amines is 1. The summed E-state index contributed by atoms with van der Waals surface area (Å²) in [6, 6.07) is 15.1. The van der Waals surface area contributed by atoms with Gasteiger partial charge in [-0.25, -0.2) is 4.42 Å². The Balaban J connectivity index is 1.43. The number of halogens is 1. The highest BCUT2D eigenvalue weighted by Crippen LogP contribution is 2.15. The van der Waals surface area contributed by atoms with E-state index in [0.717, 1.165) is 42.8 Å². The third kappa shape index (κ3) is 4.50. The molecule has 1 saturated heterocycles. The number of carbonyl (C=O) groups is 1. The average molecular weight is 412 g/mol. The lowest BCUT2D eigenvalue weighted by atomic mass is 10.1. The highest BCUT2D eigenvalue weighted by Gasteiger charge is 2.19. The Kier molecular flexibility index (Phi) is 5.94. The summed E-state index contributed by atoms with van der Waals surface area (Å²) in [6.07, 6.45) is 1.42. The second-order valence-corrected chi connectivity index (χ2v) is 7.52. The van der Waals surface area contributed by atoms with Crippen molar-refractivity contribution in [2.75, 3.05) is 26.3 Å². The van der Waals surface area contributed by atoms with Crippen molar-refractivity contribution in [1.29, 1.82) is 0 Å². The number of rotatable bonds is 5. The van der Waals surface area contributed by atoms with E-state index >= 15 is 0 Å². The van der Waals surface area contributed by atoms with E-state index in [1.165, 1.54) is 11.8 Å². The fourth-order valence-corrected chi connectivity index (χ4v) is 3.69. The van der Waals surface area contributed by atoms with Crippen LogP contribution in [0.5, 0.6) is 0 Å². The summed E-state index contributed by atoms with van der Waals surface area (Å²) in [5.41, 5.74) is 2.50. The fourth-order valence-electron chi connectivity index (χ4n) is 3.46. The molecule has 6 nitrogen and oxygen atoms in total. The molecule has 0 bridgehead atoms. The van der Waals surface area contributed by atoms with E-state index in [1.54, 1.807) is 18.2 Å². The number of amides is 1. The average Bonchev–Trinajstić information content (AvgIpc) is 2.76. The molecular formula is C22H22ClN3O3. The molecule has 0 unspecified atom stereocenters. The van der Waals surface area contributed by atoms with Gasteiger partial charge in [0.25, 0.3) is 5.91 Å². The molecule has 1 aliphatic rings. The topological polar surface area (TPSA) is 65.6 Å². The van der Waals surface area contributed by atoms with Crippen LogP contribution in [0.25, 0.3) is 10.9 Å². The molecule has 0 atom stereocenters. The first kappa shape index (κ1) is 19.6. The highest BCUT2D eigenvalue weighted by molar-refractivity contribution is 6.24. The van der Waals surface area contributed by atoms with Gasteiger partial charge in [0.15, 0.2) is 0 Å². The van der Waals surface area contributed by atoms with Crippen LogP contribution >= 0.6 is 11.8 Å².